The van der Waals surface area contributed by atoms with Crippen LogP contribution >= 0.6 is 0 Å². The Hall–Kier alpha value is -0.890. The van der Waals surface area contributed by atoms with Gasteiger partial charge in [0.1, 0.15) is 0 Å². The zero-order valence-corrected chi connectivity index (χ0v) is 11.6. The van der Waals surface area contributed by atoms with E-state index in [2.05, 4.69) is 26.8 Å². The number of carbonyl (C=O) groups is 1. The quantitative estimate of drug-likeness (QED) is 0.797. The minimum Gasteiger partial charge on any atom is -0.389 e. The number of allylic oxidation sites excluding steroid dienone is 2. The summed E-state index contributed by atoms with van der Waals surface area (Å²) in [5.41, 5.74) is 2.85. The molecule has 2 nitrogen and oxygen atoms in total. The maximum Gasteiger partial charge on any atom is 0.158 e. The second kappa shape index (κ2) is 5.18. The topological polar surface area (TPSA) is 37.3 Å². The molecule has 0 amide bonds. The number of ketones is 1. The Morgan fingerprint density at radius 1 is 1.35 bits per heavy atom. The van der Waals surface area contributed by atoms with Gasteiger partial charge < -0.3 is 5.11 Å². The van der Waals surface area contributed by atoms with Crippen LogP contribution in [0.4, 0.5) is 0 Å². The van der Waals surface area contributed by atoms with E-state index in [0.29, 0.717) is 6.42 Å². The summed E-state index contributed by atoms with van der Waals surface area (Å²) < 4.78 is 0. The van der Waals surface area contributed by atoms with E-state index < -0.39 is 6.10 Å². The van der Waals surface area contributed by atoms with Gasteiger partial charge in [-0.1, -0.05) is 26.8 Å². The first-order chi connectivity index (χ1) is 7.72. The van der Waals surface area contributed by atoms with Crippen molar-refractivity contribution in [3.63, 3.8) is 0 Å². The zero-order valence-electron chi connectivity index (χ0n) is 11.6. The van der Waals surface area contributed by atoms with Crippen LogP contribution < -0.4 is 0 Å². The van der Waals surface area contributed by atoms with Gasteiger partial charge in [0.25, 0.3) is 0 Å². The normalized spacial score (nSPS) is 20.8. The summed E-state index contributed by atoms with van der Waals surface area (Å²) in [5, 5.41) is 9.92. The van der Waals surface area contributed by atoms with Gasteiger partial charge >= 0.3 is 0 Å². The molecule has 0 aliphatic heterocycles. The molecule has 2 heteroatoms. The highest BCUT2D eigenvalue weighted by Gasteiger charge is 2.23. The number of hydrogen-bond acceptors (Lipinski definition) is 2. The van der Waals surface area contributed by atoms with E-state index in [1.165, 1.54) is 0 Å². The first kappa shape index (κ1) is 14.2. The summed E-state index contributed by atoms with van der Waals surface area (Å²) in [4.78, 5) is 11.7. The number of aliphatic hydroxyl groups is 1. The van der Waals surface area contributed by atoms with Crippen LogP contribution in [-0.4, -0.2) is 17.0 Å². The summed E-state index contributed by atoms with van der Waals surface area (Å²) in [7, 11) is 0. The van der Waals surface area contributed by atoms with Crippen LogP contribution in [0, 0.1) is 5.41 Å². The van der Waals surface area contributed by atoms with Crippen LogP contribution in [0.15, 0.2) is 22.8 Å². The van der Waals surface area contributed by atoms with Crippen molar-refractivity contribution in [3.8, 4) is 0 Å². The van der Waals surface area contributed by atoms with Crippen molar-refractivity contribution in [3.05, 3.63) is 22.8 Å². The molecule has 0 heterocycles. The molecule has 1 atom stereocenters. The zero-order chi connectivity index (χ0) is 13.2. The van der Waals surface area contributed by atoms with Crippen molar-refractivity contribution in [2.24, 2.45) is 5.41 Å². The first-order valence-electron chi connectivity index (χ1n) is 6.36. The van der Waals surface area contributed by atoms with Crippen LogP contribution in [0.25, 0.3) is 0 Å². The molecule has 0 aromatic heterocycles. The SMILES string of the molecule is CC1=C(/C(=C\C(C)(C)C)C(C)O)CCCC1=O. The van der Waals surface area contributed by atoms with Crippen LogP contribution in [-0.2, 0) is 4.79 Å². The fourth-order valence-electron chi connectivity index (χ4n) is 2.26. The second-order valence-electron chi connectivity index (χ2n) is 6.02. The number of Topliss-reactive ketones (excluding diaryl/α,β-unsaturated/α-hetero) is 1. The highest BCUT2D eigenvalue weighted by molar-refractivity contribution is 5.97. The van der Waals surface area contributed by atoms with Gasteiger partial charge in [-0.25, -0.2) is 0 Å². The summed E-state index contributed by atoms with van der Waals surface area (Å²) >= 11 is 0. The fourth-order valence-corrected chi connectivity index (χ4v) is 2.26. The Labute approximate surface area is 104 Å². The summed E-state index contributed by atoms with van der Waals surface area (Å²) in [6, 6.07) is 0. The lowest BCUT2D eigenvalue weighted by molar-refractivity contribution is -0.116. The first-order valence-corrected chi connectivity index (χ1v) is 6.36. The van der Waals surface area contributed by atoms with Crippen molar-refractivity contribution < 1.29 is 9.90 Å². The maximum absolute atomic E-state index is 11.7. The highest BCUT2D eigenvalue weighted by atomic mass is 16.3. The lowest BCUT2D eigenvalue weighted by Crippen LogP contribution is -2.18. The molecule has 1 N–H and O–H groups in total. The number of rotatable bonds is 2. The molecule has 0 saturated carbocycles. The van der Waals surface area contributed by atoms with Crippen molar-refractivity contribution >= 4 is 5.78 Å². The van der Waals surface area contributed by atoms with E-state index in [1.807, 2.05) is 6.92 Å². The van der Waals surface area contributed by atoms with Gasteiger partial charge in [0.05, 0.1) is 6.10 Å². The molecule has 17 heavy (non-hydrogen) atoms. The Bertz CT molecular complexity index is 365. The Balaban J connectivity index is 3.21. The third kappa shape index (κ3) is 3.81. The van der Waals surface area contributed by atoms with Gasteiger partial charge in [0.15, 0.2) is 5.78 Å². The van der Waals surface area contributed by atoms with Crippen LogP contribution in [0.2, 0.25) is 0 Å². The second-order valence-corrected chi connectivity index (χ2v) is 6.02. The fraction of sp³-hybridized carbons (Fsp3) is 0.667. The van der Waals surface area contributed by atoms with Gasteiger partial charge in [0.2, 0.25) is 0 Å². The van der Waals surface area contributed by atoms with E-state index in [1.54, 1.807) is 6.92 Å². The average Bonchev–Trinajstić information content (AvgIpc) is 2.17. The molecule has 0 aromatic carbocycles. The van der Waals surface area contributed by atoms with Crippen LogP contribution in [0.1, 0.15) is 53.9 Å². The smallest absolute Gasteiger partial charge is 0.158 e. The standard InChI is InChI=1S/C15H24O2/c1-10-12(7-6-8-14(10)17)13(11(2)16)9-15(3,4)5/h9,11,16H,6-8H2,1-5H3/b13-9-. The maximum atomic E-state index is 11.7. The van der Waals surface area contributed by atoms with E-state index in [-0.39, 0.29) is 11.2 Å². The Morgan fingerprint density at radius 3 is 2.41 bits per heavy atom. The van der Waals surface area contributed by atoms with Gasteiger partial charge in [0, 0.05) is 6.42 Å². The predicted octanol–water partition coefficient (Wildman–Crippen LogP) is 3.41. The van der Waals surface area contributed by atoms with E-state index >= 15 is 0 Å². The molecule has 1 aliphatic carbocycles. The van der Waals surface area contributed by atoms with Gasteiger partial charge in [-0.05, 0) is 48.8 Å². The highest BCUT2D eigenvalue weighted by Crippen LogP contribution is 2.32. The van der Waals surface area contributed by atoms with Crippen molar-refractivity contribution in [2.45, 2.75) is 60.0 Å². The summed E-state index contributed by atoms with van der Waals surface area (Å²) in [6.45, 7) is 9.98. The third-order valence-corrected chi connectivity index (χ3v) is 3.09. The molecule has 1 aliphatic rings. The Kier molecular flexibility index (Phi) is 4.31. The summed E-state index contributed by atoms with van der Waals surface area (Å²) in [6.07, 6.45) is 4.04. The molecular weight excluding hydrogens is 212 g/mol. The van der Waals surface area contributed by atoms with E-state index in [9.17, 15) is 9.90 Å². The van der Waals surface area contributed by atoms with Gasteiger partial charge in [-0.15, -0.1) is 0 Å². The van der Waals surface area contributed by atoms with E-state index in [0.717, 1.165) is 29.6 Å². The summed E-state index contributed by atoms with van der Waals surface area (Å²) in [5.74, 6) is 0.228. The largest absolute Gasteiger partial charge is 0.389 e. The molecule has 0 aromatic rings. The minimum absolute atomic E-state index is 0.0140. The van der Waals surface area contributed by atoms with Crippen LogP contribution in [0.3, 0.4) is 0 Å². The monoisotopic (exact) mass is 236 g/mol. The molecule has 96 valence electrons. The minimum atomic E-state index is -0.509. The number of aliphatic hydroxyl groups excluding tert-OH is 1. The molecule has 0 saturated heterocycles. The van der Waals surface area contributed by atoms with Crippen LogP contribution in [0.5, 0.6) is 0 Å². The van der Waals surface area contributed by atoms with Gasteiger partial charge in [-0.3, -0.25) is 4.79 Å². The van der Waals surface area contributed by atoms with E-state index in [4.69, 9.17) is 0 Å². The van der Waals surface area contributed by atoms with Gasteiger partial charge in [-0.2, -0.15) is 0 Å². The van der Waals surface area contributed by atoms with Crippen molar-refractivity contribution in [2.75, 3.05) is 0 Å². The predicted molar refractivity (Wildman–Crippen MR) is 70.8 cm³/mol. The molecular formula is C15H24O2. The number of carbonyl (C=O) groups excluding carboxylic acids is 1. The lowest BCUT2D eigenvalue weighted by Gasteiger charge is -2.24. The van der Waals surface area contributed by atoms with Crippen molar-refractivity contribution in [1.29, 1.82) is 0 Å². The number of hydrogen-bond donors (Lipinski definition) is 1. The molecule has 1 unspecified atom stereocenters. The third-order valence-electron chi connectivity index (χ3n) is 3.09. The molecule has 0 spiro atoms. The molecule has 0 radical (unpaired) electrons. The molecule has 1 rings (SSSR count). The van der Waals surface area contributed by atoms with Crippen molar-refractivity contribution in [1.82, 2.24) is 0 Å². The average molecular weight is 236 g/mol. The lowest BCUT2D eigenvalue weighted by atomic mass is 9.82. The molecule has 0 fully saturated rings. The Morgan fingerprint density at radius 2 is 1.94 bits per heavy atom. The molecule has 0 bridgehead atoms.